The third kappa shape index (κ3) is 6.54. The number of carbonyl (C=O) groups is 2. The Morgan fingerprint density at radius 2 is 1.64 bits per heavy atom. The van der Waals surface area contributed by atoms with Crippen molar-refractivity contribution in [3.05, 3.63) is 75.2 Å². The minimum Gasteiger partial charge on any atom is -0.475 e. The number of carboxylic acid groups (broad SMARTS) is 1. The summed E-state index contributed by atoms with van der Waals surface area (Å²) in [5.41, 5.74) is 2.20. The lowest BCUT2D eigenvalue weighted by Crippen LogP contribution is -2.40. The molecule has 0 atom stereocenters. The highest BCUT2D eigenvalue weighted by Gasteiger charge is 2.38. The van der Waals surface area contributed by atoms with Crippen molar-refractivity contribution in [3.63, 3.8) is 0 Å². The highest BCUT2D eigenvalue weighted by Crippen LogP contribution is 2.25. The van der Waals surface area contributed by atoms with Crippen LogP contribution in [0.3, 0.4) is 0 Å². The molecule has 10 nitrogen and oxygen atoms in total. The fourth-order valence-electron chi connectivity index (χ4n) is 4.63. The standard InChI is InChI=1S/C24H25N5O3.C2HF3O2/c30-22(11-5-10-21-25-18-7-2-1-6-17(18)23(31)27-21)28-14-12-16(13-15-28)29-20-9-4-3-8-19(20)26-24(29)32;3-2(4,5)1(6)7/h1-4,6-9,16H,5,10-15H2,(H,26,32)(H,25,27,31);(H,6,7). The van der Waals surface area contributed by atoms with Crippen molar-refractivity contribution in [2.24, 2.45) is 0 Å². The van der Waals surface area contributed by atoms with Crippen molar-refractivity contribution in [1.82, 2.24) is 24.4 Å². The summed E-state index contributed by atoms with van der Waals surface area (Å²) in [6, 6.07) is 15.0. The van der Waals surface area contributed by atoms with Crippen LogP contribution in [0, 0.1) is 0 Å². The van der Waals surface area contributed by atoms with E-state index >= 15 is 0 Å². The van der Waals surface area contributed by atoms with Gasteiger partial charge in [0.15, 0.2) is 0 Å². The number of piperidine rings is 1. The number of rotatable bonds is 5. The van der Waals surface area contributed by atoms with Crippen LogP contribution in [0.15, 0.2) is 58.1 Å². The second-order valence-corrected chi connectivity index (χ2v) is 9.12. The van der Waals surface area contributed by atoms with Crippen LogP contribution in [0.25, 0.3) is 21.9 Å². The first-order chi connectivity index (χ1) is 18.5. The van der Waals surface area contributed by atoms with Gasteiger partial charge in [-0.1, -0.05) is 24.3 Å². The summed E-state index contributed by atoms with van der Waals surface area (Å²) in [7, 11) is 0. The third-order valence-corrected chi connectivity index (χ3v) is 6.51. The molecule has 1 amide bonds. The molecule has 3 N–H and O–H groups in total. The van der Waals surface area contributed by atoms with E-state index in [9.17, 15) is 27.6 Å². The number of imidazole rings is 1. The Morgan fingerprint density at radius 3 is 2.33 bits per heavy atom. The highest BCUT2D eigenvalue weighted by molar-refractivity contribution is 5.78. The molecule has 0 saturated carbocycles. The summed E-state index contributed by atoms with van der Waals surface area (Å²) < 4.78 is 33.6. The number of aromatic amines is 2. The third-order valence-electron chi connectivity index (χ3n) is 6.51. The van der Waals surface area contributed by atoms with E-state index in [4.69, 9.17) is 9.90 Å². The predicted octanol–water partition coefficient (Wildman–Crippen LogP) is 3.39. The van der Waals surface area contributed by atoms with Gasteiger partial charge in [-0.25, -0.2) is 14.6 Å². The predicted molar refractivity (Wildman–Crippen MR) is 136 cm³/mol. The number of halogens is 3. The molecule has 0 bridgehead atoms. The number of amides is 1. The second kappa shape index (κ2) is 11.5. The number of para-hydroxylation sites is 3. The molecule has 0 spiro atoms. The molecule has 2 aromatic heterocycles. The molecular weight excluding hydrogens is 519 g/mol. The van der Waals surface area contributed by atoms with E-state index < -0.39 is 12.1 Å². The zero-order valence-corrected chi connectivity index (χ0v) is 20.7. The van der Waals surface area contributed by atoms with Crippen LogP contribution in [0.4, 0.5) is 13.2 Å². The van der Waals surface area contributed by atoms with Crippen molar-refractivity contribution in [3.8, 4) is 0 Å². The molecule has 5 rings (SSSR count). The molecule has 13 heteroatoms. The number of aliphatic carboxylic acids is 1. The average molecular weight is 546 g/mol. The average Bonchev–Trinajstić information content (AvgIpc) is 3.24. The molecule has 1 aliphatic heterocycles. The van der Waals surface area contributed by atoms with E-state index in [1.165, 1.54) is 0 Å². The number of likely N-dealkylation sites (tertiary alicyclic amines) is 1. The van der Waals surface area contributed by atoms with Gasteiger partial charge < -0.3 is 20.0 Å². The largest absolute Gasteiger partial charge is 0.490 e. The van der Waals surface area contributed by atoms with Crippen LogP contribution in [0.2, 0.25) is 0 Å². The fraction of sp³-hybridized carbons (Fsp3) is 0.346. The number of aryl methyl sites for hydroxylation is 1. The van der Waals surface area contributed by atoms with Crippen LogP contribution < -0.4 is 11.2 Å². The van der Waals surface area contributed by atoms with Crippen molar-refractivity contribution >= 4 is 33.8 Å². The molecule has 1 aliphatic rings. The van der Waals surface area contributed by atoms with Gasteiger partial charge in [-0.15, -0.1) is 0 Å². The molecule has 0 aliphatic carbocycles. The van der Waals surface area contributed by atoms with E-state index in [2.05, 4.69) is 15.0 Å². The fourth-order valence-corrected chi connectivity index (χ4v) is 4.63. The topological polar surface area (TPSA) is 141 Å². The van der Waals surface area contributed by atoms with Gasteiger partial charge in [0.2, 0.25) is 5.91 Å². The number of hydrogen-bond acceptors (Lipinski definition) is 5. The molecule has 1 saturated heterocycles. The van der Waals surface area contributed by atoms with Gasteiger partial charge in [0.1, 0.15) is 5.82 Å². The number of nitrogens with zero attached hydrogens (tertiary/aromatic N) is 3. The molecule has 2 aromatic carbocycles. The van der Waals surface area contributed by atoms with Crippen molar-refractivity contribution in [1.29, 1.82) is 0 Å². The number of alkyl halides is 3. The number of aromatic nitrogens is 4. The summed E-state index contributed by atoms with van der Waals surface area (Å²) in [6.45, 7) is 1.28. The lowest BCUT2D eigenvalue weighted by atomic mass is 10.0. The van der Waals surface area contributed by atoms with Gasteiger partial charge in [0.05, 0.1) is 21.9 Å². The van der Waals surface area contributed by atoms with Crippen LogP contribution in [0.1, 0.15) is 37.5 Å². The Hall–Kier alpha value is -4.42. The summed E-state index contributed by atoms with van der Waals surface area (Å²) in [5, 5.41) is 7.70. The summed E-state index contributed by atoms with van der Waals surface area (Å²) in [6.07, 6.45) is -1.98. The molecule has 0 unspecified atom stereocenters. The number of carbonyl (C=O) groups excluding carboxylic acids is 1. The Balaban J connectivity index is 0.000000448. The SMILES string of the molecule is O=C(CCCc1nc2ccccc2c(=O)[nH]1)N1CCC(n2c(=O)[nH]c3ccccc32)CC1.O=C(O)C(F)(F)F. The first-order valence-corrected chi connectivity index (χ1v) is 12.3. The van der Waals surface area contributed by atoms with Gasteiger partial charge in [0, 0.05) is 32.0 Å². The van der Waals surface area contributed by atoms with Gasteiger partial charge >= 0.3 is 17.8 Å². The quantitative estimate of drug-likeness (QED) is 0.351. The van der Waals surface area contributed by atoms with E-state index in [1.54, 1.807) is 6.07 Å². The Bertz CT molecular complexity index is 1600. The second-order valence-electron chi connectivity index (χ2n) is 9.12. The molecule has 4 aromatic rings. The Morgan fingerprint density at radius 1 is 1.00 bits per heavy atom. The molecular formula is C26H26F3N5O5. The van der Waals surface area contributed by atoms with E-state index in [-0.39, 0.29) is 23.2 Å². The van der Waals surface area contributed by atoms with Crippen molar-refractivity contribution in [2.45, 2.75) is 44.3 Å². The molecule has 0 radical (unpaired) electrons. The van der Waals surface area contributed by atoms with Gasteiger partial charge in [0.25, 0.3) is 5.56 Å². The van der Waals surface area contributed by atoms with E-state index in [0.29, 0.717) is 49.1 Å². The molecule has 1 fully saturated rings. The number of nitrogens with one attached hydrogen (secondary N) is 2. The number of carboxylic acids is 1. The Labute approximate surface area is 219 Å². The molecule has 206 valence electrons. The van der Waals surface area contributed by atoms with Gasteiger partial charge in [-0.05, 0) is 43.5 Å². The van der Waals surface area contributed by atoms with E-state index in [0.717, 1.165) is 23.9 Å². The minimum atomic E-state index is -5.08. The normalized spacial score (nSPS) is 14.3. The lowest BCUT2D eigenvalue weighted by Gasteiger charge is -2.32. The van der Waals surface area contributed by atoms with Crippen molar-refractivity contribution in [2.75, 3.05) is 13.1 Å². The number of H-pyrrole nitrogens is 2. The van der Waals surface area contributed by atoms with Crippen LogP contribution in [-0.2, 0) is 16.0 Å². The van der Waals surface area contributed by atoms with Gasteiger partial charge in [-0.2, -0.15) is 13.2 Å². The molecule has 3 heterocycles. The van der Waals surface area contributed by atoms with Crippen LogP contribution in [0.5, 0.6) is 0 Å². The maximum absolute atomic E-state index is 12.7. The maximum atomic E-state index is 12.7. The van der Waals surface area contributed by atoms with Crippen molar-refractivity contribution < 1.29 is 27.9 Å². The monoisotopic (exact) mass is 545 g/mol. The van der Waals surface area contributed by atoms with E-state index in [1.807, 2.05) is 51.9 Å². The highest BCUT2D eigenvalue weighted by atomic mass is 19.4. The summed E-state index contributed by atoms with van der Waals surface area (Å²) in [4.78, 5) is 58.3. The number of benzene rings is 2. The smallest absolute Gasteiger partial charge is 0.475 e. The summed E-state index contributed by atoms with van der Waals surface area (Å²) in [5.74, 6) is -2.04. The summed E-state index contributed by atoms with van der Waals surface area (Å²) >= 11 is 0. The zero-order valence-electron chi connectivity index (χ0n) is 20.7. The maximum Gasteiger partial charge on any atom is 0.490 e. The minimum absolute atomic E-state index is 0.0900. The molecule has 39 heavy (non-hydrogen) atoms. The first kappa shape index (κ1) is 27.6. The zero-order chi connectivity index (χ0) is 28.2. The van der Waals surface area contributed by atoms with Gasteiger partial charge in [-0.3, -0.25) is 14.2 Å². The number of fused-ring (bicyclic) bond motifs is 2. The first-order valence-electron chi connectivity index (χ1n) is 12.3. The Kier molecular flexibility index (Phi) is 8.17. The van der Waals surface area contributed by atoms with Crippen LogP contribution >= 0.6 is 0 Å². The number of hydrogen-bond donors (Lipinski definition) is 3. The van der Waals surface area contributed by atoms with Crippen LogP contribution in [-0.4, -0.2) is 60.7 Å². The lowest BCUT2D eigenvalue weighted by molar-refractivity contribution is -0.192.